The molecule has 17 heteroatoms. The quantitative estimate of drug-likeness (QED) is 0.00860. The molecule has 0 N–H and O–H groups in total. The SMILES string of the molecule is CCCCCCCCCCCCCCCC(=O)OC[C@H](COP(=O)([O-])OCC[N+](C)(C)C)OC(=O)CCCCCCCCCCCOC(=O)C(=[N+]=[N-])C(F)(F)F. The summed E-state index contributed by atoms with van der Waals surface area (Å²) in [6, 6.07) is 0. The number of alkyl halides is 3. The molecule has 0 rings (SSSR count). The molecule has 0 aromatic carbocycles. The van der Waals surface area contributed by atoms with E-state index in [0.29, 0.717) is 36.7 Å². The van der Waals surface area contributed by atoms with Gasteiger partial charge in [0.25, 0.3) is 7.82 Å². The van der Waals surface area contributed by atoms with Gasteiger partial charge in [-0.15, -0.1) is 0 Å². The summed E-state index contributed by atoms with van der Waals surface area (Å²) >= 11 is 0. The molecule has 0 spiro atoms. The zero-order chi connectivity index (χ0) is 42.1. The Bertz CT molecular complexity index is 1160. The molecular weight excluding hydrogens is 758 g/mol. The Morgan fingerprint density at radius 2 is 1.11 bits per heavy atom. The van der Waals surface area contributed by atoms with E-state index >= 15 is 0 Å². The van der Waals surface area contributed by atoms with Gasteiger partial charge in [0.2, 0.25) is 0 Å². The summed E-state index contributed by atoms with van der Waals surface area (Å²) in [5.41, 5.74) is 6.38. The lowest BCUT2D eigenvalue weighted by Crippen LogP contribution is -2.37. The highest BCUT2D eigenvalue weighted by molar-refractivity contribution is 7.45. The van der Waals surface area contributed by atoms with Crippen molar-refractivity contribution in [1.82, 2.24) is 0 Å². The minimum Gasteiger partial charge on any atom is -0.756 e. The van der Waals surface area contributed by atoms with Gasteiger partial charge in [0, 0.05) is 12.8 Å². The summed E-state index contributed by atoms with van der Waals surface area (Å²) in [5.74, 6) is -2.73. The number of ether oxygens (including phenoxy) is 3. The average Bonchev–Trinajstić information content (AvgIpc) is 3.10. The van der Waals surface area contributed by atoms with E-state index in [-0.39, 0.29) is 32.7 Å². The largest absolute Gasteiger partial charge is 0.756 e. The van der Waals surface area contributed by atoms with Crippen LogP contribution in [0.4, 0.5) is 13.2 Å². The van der Waals surface area contributed by atoms with Crippen molar-refractivity contribution in [2.45, 2.75) is 173 Å². The molecule has 0 aliphatic heterocycles. The van der Waals surface area contributed by atoms with Crippen molar-refractivity contribution in [2.75, 3.05) is 54.1 Å². The van der Waals surface area contributed by atoms with Crippen molar-refractivity contribution in [3.8, 4) is 0 Å². The van der Waals surface area contributed by atoms with E-state index in [1.54, 1.807) is 0 Å². The van der Waals surface area contributed by atoms with Gasteiger partial charge in [-0.2, -0.15) is 18.0 Å². The minimum absolute atomic E-state index is 0.0861. The summed E-state index contributed by atoms with van der Waals surface area (Å²) < 4.78 is 75.6. The van der Waals surface area contributed by atoms with Crippen molar-refractivity contribution < 1.29 is 69.5 Å². The third-order valence-electron chi connectivity index (χ3n) is 8.96. The number of phosphoric acid groups is 1. The Kier molecular flexibility index (Phi) is 31.2. The Balaban J connectivity index is 4.41. The van der Waals surface area contributed by atoms with Crippen molar-refractivity contribution in [3.05, 3.63) is 5.53 Å². The Labute approximate surface area is 333 Å². The maximum Gasteiger partial charge on any atom is 0.503 e. The number of nitrogens with zero attached hydrogens (tertiary/aromatic N) is 3. The van der Waals surface area contributed by atoms with Crippen LogP contribution in [0.1, 0.15) is 161 Å². The van der Waals surface area contributed by atoms with Crippen molar-refractivity contribution in [1.29, 1.82) is 0 Å². The molecule has 0 radical (unpaired) electrons. The van der Waals surface area contributed by atoms with Crippen LogP contribution in [0, 0.1) is 0 Å². The molecule has 0 heterocycles. The van der Waals surface area contributed by atoms with Crippen molar-refractivity contribution in [3.63, 3.8) is 0 Å². The molecule has 0 aliphatic carbocycles. The Hall–Kier alpha value is -2.35. The van der Waals surface area contributed by atoms with Gasteiger partial charge in [-0.1, -0.05) is 129 Å². The van der Waals surface area contributed by atoms with Gasteiger partial charge < -0.3 is 38.2 Å². The minimum atomic E-state index is -5.09. The first-order chi connectivity index (χ1) is 26.5. The van der Waals surface area contributed by atoms with Crippen LogP contribution in [-0.4, -0.2) is 99.3 Å². The monoisotopic (exact) mass is 829 g/mol. The summed E-state index contributed by atoms with van der Waals surface area (Å²) in [7, 11) is 0.969. The lowest BCUT2D eigenvalue weighted by atomic mass is 10.0. The number of carbonyl (C=O) groups excluding carboxylic acids is 3. The second-order valence-electron chi connectivity index (χ2n) is 15.4. The lowest BCUT2D eigenvalue weighted by Gasteiger charge is -2.28. The lowest BCUT2D eigenvalue weighted by molar-refractivity contribution is -0.870. The maximum atomic E-state index is 12.6. The van der Waals surface area contributed by atoms with Crippen LogP contribution in [0.2, 0.25) is 0 Å². The van der Waals surface area contributed by atoms with Crippen LogP contribution >= 0.6 is 7.82 Å². The zero-order valence-corrected chi connectivity index (χ0v) is 35.5. The zero-order valence-electron chi connectivity index (χ0n) is 34.6. The number of halogens is 3. The summed E-state index contributed by atoms with van der Waals surface area (Å²) in [4.78, 5) is 50.7. The molecule has 0 fully saturated rings. The topological polar surface area (TPSA) is 174 Å². The van der Waals surface area contributed by atoms with Crippen LogP contribution in [0.5, 0.6) is 0 Å². The molecule has 0 aromatic rings. The molecular formula is C39H71F3N3O10P. The fourth-order valence-electron chi connectivity index (χ4n) is 5.60. The van der Waals surface area contributed by atoms with Crippen LogP contribution in [0.3, 0.4) is 0 Å². The Morgan fingerprint density at radius 3 is 1.55 bits per heavy atom. The molecule has 0 saturated heterocycles. The molecule has 13 nitrogen and oxygen atoms in total. The van der Waals surface area contributed by atoms with Crippen LogP contribution in [-0.2, 0) is 42.2 Å². The highest BCUT2D eigenvalue weighted by Crippen LogP contribution is 2.38. The standard InChI is InChI=1S/C39H71F3N3O10P/c1-5-6-7-8-9-10-11-12-13-15-18-21-24-27-35(46)52-32-34(33-54-56(49,50)53-31-29-45(2,3)4)55-36(47)28-25-22-19-16-14-17-20-23-26-30-51-38(48)37(44-43)39(40,41)42/h34H,5-33H2,1-4H3/t34-/m1/s1. The van der Waals surface area contributed by atoms with Crippen LogP contribution in [0.25, 0.3) is 5.53 Å². The smallest absolute Gasteiger partial charge is 0.503 e. The van der Waals surface area contributed by atoms with Crippen LogP contribution in [0.15, 0.2) is 0 Å². The van der Waals surface area contributed by atoms with Crippen LogP contribution < -0.4 is 4.89 Å². The van der Waals surface area contributed by atoms with Gasteiger partial charge in [0.05, 0.1) is 34.4 Å². The van der Waals surface area contributed by atoms with E-state index in [4.69, 9.17) is 24.1 Å². The molecule has 56 heavy (non-hydrogen) atoms. The van der Waals surface area contributed by atoms with E-state index in [1.807, 2.05) is 25.9 Å². The Morgan fingerprint density at radius 1 is 0.661 bits per heavy atom. The molecule has 0 amide bonds. The first-order valence-electron chi connectivity index (χ1n) is 20.7. The second kappa shape index (κ2) is 32.6. The number of unbranched alkanes of at least 4 members (excludes halogenated alkanes) is 20. The summed E-state index contributed by atoms with van der Waals surface area (Å²) in [6.45, 7) is 1.47. The molecule has 2 atom stereocenters. The third kappa shape index (κ3) is 33.8. The van der Waals surface area contributed by atoms with E-state index in [9.17, 15) is 37.0 Å². The fraction of sp³-hybridized carbons (Fsp3) is 0.897. The molecule has 0 aliphatic rings. The fourth-order valence-corrected chi connectivity index (χ4v) is 6.33. The number of likely N-dealkylation sites (N-methyl/N-ethyl adjacent to an activating group) is 1. The van der Waals surface area contributed by atoms with E-state index in [0.717, 1.165) is 57.8 Å². The molecule has 0 saturated carbocycles. The van der Waals surface area contributed by atoms with Gasteiger partial charge in [-0.25, -0.2) is 4.79 Å². The average molecular weight is 830 g/mol. The number of hydrogen-bond donors (Lipinski definition) is 0. The number of carbonyl (C=O) groups is 3. The van der Waals surface area contributed by atoms with Gasteiger partial charge in [-0.3, -0.25) is 14.2 Å². The first-order valence-corrected chi connectivity index (χ1v) is 22.2. The highest BCUT2D eigenvalue weighted by atomic mass is 31.2. The van der Waals surface area contributed by atoms with Gasteiger partial charge >= 0.3 is 29.8 Å². The van der Waals surface area contributed by atoms with E-state index < -0.39 is 50.3 Å². The third-order valence-corrected chi connectivity index (χ3v) is 9.93. The van der Waals surface area contributed by atoms with Gasteiger partial charge in [-0.05, 0) is 19.3 Å². The number of quaternary nitrogens is 1. The molecule has 0 aromatic heterocycles. The highest BCUT2D eigenvalue weighted by Gasteiger charge is 2.51. The molecule has 0 bridgehead atoms. The number of esters is 3. The number of hydrogen-bond acceptors (Lipinski definition) is 10. The molecule has 1 unspecified atom stereocenters. The van der Waals surface area contributed by atoms with E-state index in [1.165, 1.54) is 57.8 Å². The molecule has 328 valence electrons. The second-order valence-corrected chi connectivity index (χ2v) is 16.8. The predicted molar refractivity (Wildman–Crippen MR) is 205 cm³/mol. The van der Waals surface area contributed by atoms with Crippen molar-refractivity contribution in [2.24, 2.45) is 0 Å². The van der Waals surface area contributed by atoms with E-state index in [2.05, 4.69) is 11.7 Å². The normalized spacial score (nSPS) is 13.4. The predicted octanol–water partition coefficient (Wildman–Crippen LogP) is 8.81. The number of phosphoric ester groups is 1. The van der Waals surface area contributed by atoms with Gasteiger partial charge in [0.1, 0.15) is 19.8 Å². The number of rotatable bonds is 37. The maximum absolute atomic E-state index is 12.6. The summed E-state index contributed by atoms with van der Waals surface area (Å²) in [6.07, 6.45) is 16.2. The van der Waals surface area contributed by atoms with Gasteiger partial charge in [0.15, 0.2) is 6.10 Å². The first kappa shape index (κ1) is 53.6. The van der Waals surface area contributed by atoms with Crippen molar-refractivity contribution >= 4 is 31.4 Å². The summed E-state index contributed by atoms with van der Waals surface area (Å²) in [5, 5.41) is 0.